The van der Waals surface area contributed by atoms with Gasteiger partial charge in [0.25, 0.3) is 0 Å². The van der Waals surface area contributed by atoms with Gasteiger partial charge in [0, 0.05) is 25.4 Å². The van der Waals surface area contributed by atoms with Crippen molar-refractivity contribution in [2.24, 2.45) is 11.8 Å². The Balaban J connectivity index is 1.77. The molecule has 10 nitrogen and oxygen atoms in total. The van der Waals surface area contributed by atoms with Crippen LogP contribution >= 0.6 is 0 Å². The van der Waals surface area contributed by atoms with Gasteiger partial charge in [-0.15, -0.1) is 6.58 Å². The van der Waals surface area contributed by atoms with Gasteiger partial charge in [-0.3, -0.25) is 0 Å². The quantitative estimate of drug-likeness (QED) is 0.320. The zero-order chi connectivity index (χ0) is 19.7. The smallest absolute Gasteiger partial charge is 0.339 e. The molecule has 3 rings (SSSR count). The molecule has 152 valence electrons. The fourth-order valence-electron chi connectivity index (χ4n) is 3.50. The number of hydrogen-bond donors (Lipinski definition) is 4. The van der Waals surface area contributed by atoms with Crippen molar-refractivity contribution in [1.82, 2.24) is 0 Å². The average Bonchev–Trinajstić information content (AvgIpc) is 2.67. The van der Waals surface area contributed by atoms with E-state index >= 15 is 0 Å². The highest BCUT2D eigenvalue weighted by molar-refractivity contribution is 5.89. The highest BCUT2D eigenvalue weighted by Gasteiger charge is 2.49. The van der Waals surface area contributed by atoms with E-state index in [-0.39, 0.29) is 5.92 Å². The maximum absolute atomic E-state index is 12.1. The molecule has 0 aliphatic carbocycles. The molecule has 4 N–H and O–H groups in total. The van der Waals surface area contributed by atoms with Gasteiger partial charge >= 0.3 is 5.97 Å². The summed E-state index contributed by atoms with van der Waals surface area (Å²) in [6.45, 7) is 3.18. The second-order valence-corrected chi connectivity index (χ2v) is 6.64. The fraction of sp³-hybridized carbons (Fsp3) is 0.706. The molecule has 0 bridgehead atoms. The summed E-state index contributed by atoms with van der Waals surface area (Å²) in [5, 5.41) is 39.1. The van der Waals surface area contributed by atoms with Gasteiger partial charge in [0.15, 0.2) is 6.29 Å². The Morgan fingerprint density at radius 2 is 2.00 bits per heavy atom. The molecule has 3 aliphatic rings. The van der Waals surface area contributed by atoms with Gasteiger partial charge < -0.3 is 44.1 Å². The summed E-state index contributed by atoms with van der Waals surface area (Å²) in [4.78, 5) is 12.1. The summed E-state index contributed by atoms with van der Waals surface area (Å²) in [7, 11) is 1.43. The molecule has 3 aliphatic heterocycles. The van der Waals surface area contributed by atoms with Crippen molar-refractivity contribution in [2.45, 2.75) is 49.7 Å². The third kappa shape index (κ3) is 3.74. The summed E-state index contributed by atoms with van der Waals surface area (Å²) in [5.74, 6) is -1.41. The van der Waals surface area contributed by atoms with Crippen molar-refractivity contribution >= 4 is 5.97 Å². The molecule has 0 radical (unpaired) electrons. The lowest BCUT2D eigenvalue weighted by Gasteiger charge is -2.44. The zero-order valence-electron chi connectivity index (χ0n) is 14.7. The van der Waals surface area contributed by atoms with Gasteiger partial charge in [-0.2, -0.15) is 0 Å². The third-order valence-corrected chi connectivity index (χ3v) is 5.08. The van der Waals surface area contributed by atoms with Gasteiger partial charge in [-0.05, 0) is 0 Å². The summed E-state index contributed by atoms with van der Waals surface area (Å²) in [6, 6.07) is 0. The number of esters is 1. The molecular weight excluding hydrogens is 364 g/mol. The molecule has 9 unspecified atom stereocenters. The Kier molecular flexibility index (Phi) is 6.16. The second kappa shape index (κ2) is 8.23. The highest BCUT2D eigenvalue weighted by atomic mass is 16.8. The van der Waals surface area contributed by atoms with Crippen LogP contribution in [0.4, 0.5) is 0 Å². The SMILES string of the molecule is C=CC1C(OC2OC(CO)C(O)C(O)C2O)OC=C2C(=O)OC(OC)CC21. The number of rotatable bonds is 5. The Bertz CT molecular complexity index is 590. The van der Waals surface area contributed by atoms with Crippen LogP contribution < -0.4 is 0 Å². The van der Waals surface area contributed by atoms with Crippen molar-refractivity contribution in [1.29, 1.82) is 0 Å². The fourth-order valence-corrected chi connectivity index (χ4v) is 3.50. The average molecular weight is 388 g/mol. The first-order chi connectivity index (χ1) is 12.9. The third-order valence-electron chi connectivity index (χ3n) is 5.08. The number of carbonyl (C=O) groups is 1. The van der Waals surface area contributed by atoms with E-state index in [4.69, 9.17) is 23.7 Å². The number of fused-ring (bicyclic) bond motifs is 1. The first-order valence-corrected chi connectivity index (χ1v) is 8.59. The van der Waals surface area contributed by atoms with Crippen LogP contribution in [0, 0.1) is 11.8 Å². The van der Waals surface area contributed by atoms with E-state index in [2.05, 4.69) is 6.58 Å². The largest absolute Gasteiger partial charge is 0.471 e. The van der Waals surface area contributed by atoms with E-state index in [1.54, 1.807) is 6.08 Å². The first kappa shape index (κ1) is 20.2. The molecule has 0 aromatic carbocycles. The molecule has 2 fully saturated rings. The van der Waals surface area contributed by atoms with Crippen molar-refractivity contribution in [3.63, 3.8) is 0 Å². The Hall–Kier alpha value is -1.53. The second-order valence-electron chi connectivity index (χ2n) is 6.64. The number of hydrogen-bond acceptors (Lipinski definition) is 10. The van der Waals surface area contributed by atoms with E-state index in [1.807, 2.05) is 0 Å². The van der Waals surface area contributed by atoms with Crippen LogP contribution in [-0.4, -0.2) is 83.4 Å². The van der Waals surface area contributed by atoms with E-state index in [9.17, 15) is 25.2 Å². The molecule has 2 saturated heterocycles. The van der Waals surface area contributed by atoms with Crippen LogP contribution in [0.5, 0.6) is 0 Å². The van der Waals surface area contributed by atoms with E-state index in [0.29, 0.717) is 12.0 Å². The van der Waals surface area contributed by atoms with Crippen molar-refractivity contribution in [2.75, 3.05) is 13.7 Å². The summed E-state index contributed by atoms with van der Waals surface area (Å²) >= 11 is 0. The molecule has 10 heteroatoms. The van der Waals surface area contributed by atoms with Gasteiger partial charge in [-0.25, -0.2) is 4.79 Å². The minimum absolute atomic E-state index is 0.321. The van der Waals surface area contributed by atoms with Crippen LogP contribution in [0.3, 0.4) is 0 Å². The van der Waals surface area contributed by atoms with Crippen molar-refractivity contribution in [3.05, 3.63) is 24.5 Å². The van der Waals surface area contributed by atoms with E-state index < -0.39 is 61.8 Å². The van der Waals surface area contributed by atoms with Gasteiger partial charge in [-0.1, -0.05) is 6.08 Å². The minimum Gasteiger partial charge on any atom is -0.471 e. The maximum Gasteiger partial charge on any atom is 0.339 e. The Morgan fingerprint density at radius 3 is 2.63 bits per heavy atom. The summed E-state index contributed by atoms with van der Waals surface area (Å²) in [5.41, 5.74) is 0.321. The van der Waals surface area contributed by atoms with Crippen LogP contribution in [0.15, 0.2) is 24.5 Å². The lowest BCUT2D eigenvalue weighted by atomic mass is 9.80. The van der Waals surface area contributed by atoms with Gasteiger partial charge in [0.05, 0.1) is 18.4 Å². The van der Waals surface area contributed by atoms with Crippen molar-refractivity contribution in [3.8, 4) is 0 Å². The molecule has 0 spiro atoms. The molecule has 0 aromatic heterocycles. The van der Waals surface area contributed by atoms with E-state index in [1.165, 1.54) is 13.4 Å². The zero-order valence-corrected chi connectivity index (χ0v) is 14.7. The van der Waals surface area contributed by atoms with Gasteiger partial charge in [0.1, 0.15) is 24.4 Å². The monoisotopic (exact) mass is 388 g/mol. The standard InChI is InChI=1S/C17H24O10/c1-3-7-8-4-11(23-2)26-15(22)9(8)6-24-16(7)27-17-14(21)13(20)12(19)10(5-18)25-17/h3,6-8,10-14,16-21H,1,4-5H2,2H3. The van der Waals surface area contributed by atoms with Crippen LogP contribution in [-0.2, 0) is 28.5 Å². The lowest BCUT2D eigenvalue weighted by Crippen LogP contribution is -2.60. The topological polar surface area (TPSA) is 144 Å². The number of aliphatic hydroxyl groups excluding tert-OH is 4. The number of cyclic esters (lactones) is 1. The Morgan fingerprint density at radius 1 is 1.26 bits per heavy atom. The Labute approximate surface area is 155 Å². The van der Waals surface area contributed by atoms with Crippen LogP contribution in [0.1, 0.15) is 6.42 Å². The van der Waals surface area contributed by atoms with Crippen LogP contribution in [0.2, 0.25) is 0 Å². The maximum atomic E-state index is 12.1. The number of aliphatic hydroxyl groups is 4. The molecule has 0 saturated carbocycles. The number of ether oxygens (including phenoxy) is 5. The molecule has 9 atom stereocenters. The van der Waals surface area contributed by atoms with Crippen molar-refractivity contribution < 1.29 is 48.9 Å². The normalized spacial score (nSPS) is 44.6. The molecule has 0 amide bonds. The predicted octanol–water partition coefficient (Wildman–Crippen LogP) is -1.62. The summed E-state index contributed by atoms with van der Waals surface area (Å²) in [6.07, 6.45) is -5.65. The molecule has 27 heavy (non-hydrogen) atoms. The van der Waals surface area contributed by atoms with Gasteiger partial charge in [0.2, 0.25) is 12.6 Å². The van der Waals surface area contributed by atoms with Crippen LogP contribution in [0.25, 0.3) is 0 Å². The number of carbonyl (C=O) groups excluding carboxylic acids is 1. The first-order valence-electron chi connectivity index (χ1n) is 8.59. The molecular formula is C17H24O10. The lowest BCUT2D eigenvalue weighted by molar-refractivity contribution is -0.340. The van der Waals surface area contributed by atoms with E-state index in [0.717, 1.165) is 0 Å². The number of methoxy groups -OCH3 is 1. The predicted molar refractivity (Wildman–Crippen MR) is 86.5 cm³/mol. The summed E-state index contributed by atoms with van der Waals surface area (Å²) < 4.78 is 26.7. The minimum atomic E-state index is -1.57. The molecule has 0 aromatic rings. The highest BCUT2D eigenvalue weighted by Crippen LogP contribution is 2.40. The molecule has 3 heterocycles.